The van der Waals surface area contributed by atoms with E-state index in [0.29, 0.717) is 46.6 Å². The van der Waals surface area contributed by atoms with Crippen molar-refractivity contribution < 1.29 is 14.4 Å². The Bertz CT molecular complexity index is 925. The maximum absolute atomic E-state index is 13.4. The lowest BCUT2D eigenvalue weighted by Crippen LogP contribution is -2.37. The third-order valence-electron chi connectivity index (χ3n) is 6.06. The molecule has 8 nitrogen and oxygen atoms in total. The van der Waals surface area contributed by atoms with Gasteiger partial charge in [0.05, 0.1) is 22.5 Å². The second kappa shape index (κ2) is 13.4. The van der Waals surface area contributed by atoms with E-state index in [0.717, 1.165) is 38.4 Å². The fourth-order valence-electron chi connectivity index (χ4n) is 4.20. The van der Waals surface area contributed by atoms with Gasteiger partial charge in [-0.1, -0.05) is 33.1 Å². The Morgan fingerprint density at radius 3 is 2.38 bits per heavy atom. The summed E-state index contributed by atoms with van der Waals surface area (Å²) in [6, 6.07) is 3.53. The fraction of sp³-hybridized carbons (Fsp3) is 0.500. The number of hydrogen-bond donors (Lipinski definition) is 4. The highest BCUT2D eigenvalue weighted by Gasteiger charge is 2.29. The van der Waals surface area contributed by atoms with E-state index in [1.807, 2.05) is 14.0 Å². The Labute approximate surface area is 203 Å². The zero-order valence-electron chi connectivity index (χ0n) is 21.0. The molecule has 0 saturated heterocycles. The van der Waals surface area contributed by atoms with E-state index in [9.17, 15) is 14.4 Å². The molecule has 0 aromatic heterocycles. The monoisotopic (exact) mass is 469 g/mol. The number of aldehydes is 2. The summed E-state index contributed by atoms with van der Waals surface area (Å²) in [7, 11) is 3.60. The number of carbonyl (C=O) groups is 3. The molecular weight excluding hydrogens is 430 g/mol. The number of nitrogens with zero attached hydrogens (tertiary/aromatic N) is 1. The molecule has 1 aliphatic heterocycles. The predicted octanol–water partition coefficient (Wildman–Crippen LogP) is 3.89. The van der Waals surface area contributed by atoms with Crippen molar-refractivity contribution in [2.75, 3.05) is 31.3 Å². The lowest BCUT2D eigenvalue weighted by Gasteiger charge is -2.28. The molecule has 2 atom stereocenters. The van der Waals surface area contributed by atoms with E-state index in [1.54, 1.807) is 36.4 Å². The van der Waals surface area contributed by atoms with Crippen LogP contribution >= 0.6 is 0 Å². The van der Waals surface area contributed by atoms with Crippen LogP contribution in [-0.2, 0) is 4.79 Å². The highest BCUT2D eigenvalue weighted by atomic mass is 16.2. The van der Waals surface area contributed by atoms with Gasteiger partial charge in [0, 0.05) is 37.9 Å². The van der Waals surface area contributed by atoms with Gasteiger partial charge in [-0.3, -0.25) is 14.4 Å². The van der Waals surface area contributed by atoms with E-state index in [4.69, 9.17) is 0 Å². The number of nitrogens with one attached hydrogen (secondary N) is 4. The van der Waals surface area contributed by atoms with E-state index in [2.05, 4.69) is 35.1 Å². The van der Waals surface area contributed by atoms with Crippen LogP contribution in [-0.4, -0.2) is 56.2 Å². The molecule has 0 bridgehead atoms. The van der Waals surface area contributed by atoms with E-state index < -0.39 is 6.17 Å². The molecule has 1 aromatic carbocycles. The molecule has 186 valence electrons. The molecule has 0 radical (unpaired) electrons. The number of carbonyl (C=O) groups excluding carboxylic acids is 3. The number of unbranched alkanes of at least 4 members (excludes halogenated alkanes) is 1. The highest BCUT2D eigenvalue weighted by molar-refractivity contribution is 6.04. The van der Waals surface area contributed by atoms with Crippen molar-refractivity contribution in [2.24, 2.45) is 0 Å². The number of amides is 1. The van der Waals surface area contributed by atoms with Gasteiger partial charge in [-0.05, 0) is 44.2 Å². The number of rotatable bonds is 14. The van der Waals surface area contributed by atoms with Crippen LogP contribution in [0.2, 0.25) is 0 Å². The fourth-order valence-corrected chi connectivity index (χ4v) is 4.20. The molecule has 1 aliphatic rings. The maximum Gasteiger partial charge on any atom is 0.254 e. The lowest BCUT2D eigenvalue weighted by molar-refractivity contribution is -0.105. The Morgan fingerprint density at radius 2 is 1.82 bits per heavy atom. The maximum atomic E-state index is 13.4. The second-order valence-electron chi connectivity index (χ2n) is 8.46. The van der Waals surface area contributed by atoms with Crippen molar-refractivity contribution in [3.63, 3.8) is 0 Å². The molecule has 0 fully saturated rings. The van der Waals surface area contributed by atoms with Gasteiger partial charge >= 0.3 is 0 Å². The van der Waals surface area contributed by atoms with Crippen molar-refractivity contribution in [3.8, 4) is 0 Å². The summed E-state index contributed by atoms with van der Waals surface area (Å²) in [4.78, 5) is 39.1. The van der Waals surface area contributed by atoms with Gasteiger partial charge < -0.3 is 26.2 Å². The largest absolute Gasteiger partial charge is 0.394 e. The summed E-state index contributed by atoms with van der Waals surface area (Å²) in [5.74, 6) is -0.166. The van der Waals surface area contributed by atoms with Crippen LogP contribution in [0.3, 0.4) is 0 Å². The Hall–Kier alpha value is -3.29. The Kier molecular flexibility index (Phi) is 10.6. The van der Waals surface area contributed by atoms with Crippen molar-refractivity contribution in [3.05, 3.63) is 46.8 Å². The van der Waals surface area contributed by atoms with Crippen LogP contribution in [0.15, 0.2) is 35.7 Å². The summed E-state index contributed by atoms with van der Waals surface area (Å²) < 4.78 is 0. The summed E-state index contributed by atoms with van der Waals surface area (Å²) in [5, 5.41) is 12.7. The first-order chi connectivity index (χ1) is 16.4. The average molecular weight is 470 g/mol. The smallest absolute Gasteiger partial charge is 0.254 e. The Morgan fingerprint density at radius 1 is 1.12 bits per heavy atom. The third kappa shape index (κ3) is 6.40. The van der Waals surface area contributed by atoms with Gasteiger partial charge in [0.1, 0.15) is 6.17 Å². The lowest BCUT2D eigenvalue weighted by atomic mass is 10.0. The number of benzene rings is 1. The minimum atomic E-state index is -0.497. The van der Waals surface area contributed by atoms with Gasteiger partial charge in [-0.25, -0.2) is 0 Å². The van der Waals surface area contributed by atoms with E-state index in [1.165, 1.54) is 0 Å². The minimum absolute atomic E-state index is 0.135. The van der Waals surface area contributed by atoms with Gasteiger partial charge in [0.2, 0.25) is 0 Å². The quantitative estimate of drug-likeness (QED) is 0.186. The first kappa shape index (κ1) is 27.0. The van der Waals surface area contributed by atoms with Gasteiger partial charge in [0.15, 0.2) is 12.6 Å². The van der Waals surface area contributed by atoms with Crippen LogP contribution < -0.4 is 21.3 Å². The summed E-state index contributed by atoms with van der Waals surface area (Å²) in [6.07, 6.45) is 9.54. The molecule has 8 heteroatoms. The van der Waals surface area contributed by atoms with Crippen LogP contribution in [0.5, 0.6) is 0 Å². The molecule has 1 heterocycles. The minimum Gasteiger partial charge on any atom is -0.394 e. The average Bonchev–Trinajstić information content (AvgIpc) is 3.26. The first-order valence-electron chi connectivity index (χ1n) is 12.2. The second-order valence-corrected chi connectivity index (χ2v) is 8.46. The van der Waals surface area contributed by atoms with Gasteiger partial charge in [-0.2, -0.15) is 0 Å². The van der Waals surface area contributed by atoms with Crippen LogP contribution in [0, 0.1) is 0 Å². The molecule has 2 unspecified atom stereocenters. The normalized spacial score (nSPS) is 16.1. The number of fused-ring (bicyclic) bond motifs is 1. The third-order valence-corrected chi connectivity index (χ3v) is 6.06. The number of allylic oxidation sites excluding steroid dienone is 1. The molecule has 0 saturated carbocycles. The molecular formula is C26H39N5O3. The number of anilines is 2. The topological polar surface area (TPSA) is 103 Å². The van der Waals surface area contributed by atoms with E-state index >= 15 is 0 Å². The highest BCUT2D eigenvalue weighted by Crippen LogP contribution is 2.34. The molecule has 1 aromatic rings. The summed E-state index contributed by atoms with van der Waals surface area (Å²) >= 11 is 0. The van der Waals surface area contributed by atoms with Crippen LogP contribution in [0.25, 0.3) is 0 Å². The van der Waals surface area contributed by atoms with Crippen molar-refractivity contribution in [1.29, 1.82) is 0 Å². The van der Waals surface area contributed by atoms with Crippen LogP contribution in [0.1, 0.15) is 73.6 Å². The summed E-state index contributed by atoms with van der Waals surface area (Å²) in [6.45, 7) is 6.86. The van der Waals surface area contributed by atoms with Crippen LogP contribution in [0.4, 0.5) is 11.4 Å². The standard InChI is InChI=1S/C26H39N5O3/c1-6-9-11-19(10-7-2)31(5)26(34)20-15-24-23(14-18(20)16-32)29-25(30-24)21(17-33)22(28-8-3)12-13-27-4/h12-17,19,25,27-30H,6-11H2,1-5H3/b13-12-,22-21-. The van der Waals surface area contributed by atoms with Gasteiger partial charge in [-0.15, -0.1) is 0 Å². The van der Waals surface area contributed by atoms with E-state index in [-0.39, 0.29) is 11.9 Å². The first-order valence-corrected chi connectivity index (χ1v) is 12.2. The van der Waals surface area contributed by atoms with Crippen molar-refractivity contribution in [2.45, 2.75) is 65.1 Å². The molecule has 0 spiro atoms. The van der Waals surface area contributed by atoms with Crippen molar-refractivity contribution >= 4 is 29.9 Å². The number of hydrogen-bond acceptors (Lipinski definition) is 7. The summed E-state index contributed by atoms with van der Waals surface area (Å²) in [5.41, 5.74) is 3.22. The van der Waals surface area contributed by atoms with Gasteiger partial charge in [0.25, 0.3) is 5.91 Å². The molecule has 34 heavy (non-hydrogen) atoms. The zero-order valence-corrected chi connectivity index (χ0v) is 21.0. The number of likely N-dealkylation sites (N-methyl/N-ethyl adjacent to an activating group) is 1. The molecule has 2 rings (SSSR count). The Balaban J connectivity index is 2.38. The van der Waals surface area contributed by atoms with Crippen molar-refractivity contribution in [1.82, 2.24) is 15.5 Å². The predicted molar refractivity (Wildman–Crippen MR) is 138 cm³/mol. The molecule has 1 amide bonds. The molecule has 4 N–H and O–H groups in total. The molecule has 0 aliphatic carbocycles. The SMILES string of the molecule is CCCCC(CCC)N(C)C(=O)c1cc2c(cc1C=O)NC(/C(C=O)=C(/C=C\NC)NCC)N2. The zero-order chi connectivity index (χ0) is 25.1.